The number of likely N-dealkylation sites (tertiary alicyclic amines) is 1. The van der Waals surface area contributed by atoms with E-state index in [4.69, 9.17) is 0 Å². The number of amides is 2. The molecule has 2 unspecified atom stereocenters. The molecule has 0 spiro atoms. The van der Waals surface area contributed by atoms with Gasteiger partial charge in [0.1, 0.15) is 0 Å². The van der Waals surface area contributed by atoms with Crippen molar-refractivity contribution in [3.63, 3.8) is 0 Å². The molecule has 24 heavy (non-hydrogen) atoms. The number of nitrogens with one attached hydrogen (secondary N) is 1. The summed E-state index contributed by atoms with van der Waals surface area (Å²) in [7, 11) is 1.92. The second-order valence-corrected chi connectivity index (χ2v) is 6.63. The Morgan fingerprint density at radius 3 is 2.67 bits per heavy atom. The fourth-order valence-corrected chi connectivity index (χ4v) is 3.66. The van der Waals surface area contributed by atoms with Crippen LogP contribution in [0, 0.1) is 12.8 Å². The summed E-state index contributed by atoms with van der Waals surface area (Å²) in [4.78, 5) is 28.9. The third-order valence-electron chi connectivity index (χ3n) is 4.92. The molecule has 2 aliphatic rings. The average molecular weight is 352 g/mol. The first-order valence-corrected chi connectivity index (χ1v) is 8.42. The average Bonchev–Trinajstić information content (AvgIpc) is 3.15. The Kier molecular flexibility index (Phi) is 6.24. The molecule has 2 heterocycles. The summed E-state index contributed by atoms with van der Waals surface area (Å²) in [5.41, 5.74) is 2.06. The first kappa shape index (κ1) is 18.7. The van der Waals surface area contributed by atoms with Crippen molar-refractivity contribution in [2.24, 2.45) is 5.92 Å². The molecule has 1 aromatic rings. The summed E-state index contributed by atoms with van der Waals surface area (Å²) >= 11 is 0. The van der Waals surface area contributed by atoms with Crippen LogP contribution in [0.1, 0.15) is 24.8 Å². The van der Waals surface area contributed by atoms with Gasteiger partial charge in [-0.25, -0.2) is 0 Å². The van der Waals surface area contributed by atoms with Crippen molar-refractivity contribution in [1.29, 1.82) is 0 Å². The third kappa shape index (κ3) is 3.73. The number of carbonyl (C=O) groups is 2. The van der Waals surface area contributed by atoms with E-state index in [0.717, 1.165) is 31.6 Å². The van der Waals surface area contributed by atoms with E-state index in [1.807, 2.05) is 43.1 Å². The normalized spacial score (nSPS) is 23.5. The maximum atomic E-state index is 12.8. The molecule has 6 heteroatoms. The smallest absolute Gasteiger partial charge is 0.228 e. The molecule has 2 amide bonds. The van der Waals surface area contributed by atoms with E-state index in [-0.39, 0.29) is 36.2 Å². The number of rotatable bonds is 4. The quantitative estimate of drug-likeness (QED) is 0.902. The maximum Gasteiger partial charge on any atom is 0.228 e. The van der Waals surface area contributed by atoms with Crippen LogP contribution in [0.25, 0.3) is 0 Å². The highest BCUT2D eigenvalue weighted by molar-refractivity contribution is 6.00. The van der Waals surface area contributed by atoms with Crippen LogP contribution in [0.3, 0.4) is 0 Å². The van der Waals surface area contributed by atoms with Crippen molar-refractivity contribution in [2.45, 2.75) is 32.2 Å². The molecule has 2 saturated heterocycles. The number of nitrogens with zero attached hydrogens (tertiary/aromatic N) is 2. The van der Waals surface area contributed by atoms with E-state index < -0.39 is 0 Å². The van der Waals surface area contributed by atoms with Crippen molar-refractivity contribution in [1.82, 2.24) is 10.2 Å². The van der Waals surface area contributed by atoms with Crippen LogP contribution in [0.4, 0.5) is 5.69 Å². The van der Waals surface area contributed by atoms with E-state index >= 15 is 0 Å². The number of hydrogen-bond donors (Lipinski definition) is 1. The predicted molar refractivity (Wildman–Crippen MR) is 97.5 cm³/mol. The van der Waals surface area contributed by atoms with Crippen molar-refractivity contribution in [3.8, 4) is 0 Å². The van der Waals surface area contributed by atoms with E-state index in [9.17, 15) is 9.59 Å². The third-order valence-corrected chi connectivity index (χ3v) is 4.92. The molecule has 0 bridgehead atoms. The van der Waals surface area contributed by atoms with Gasteiger partial charge in [-0.2, -0.15) is 0 Å². The van der Waals surface area contributed by atoms with Gasteiger partial charge in [-0.1, -0.05) is 17.7 Å². The molecular weight excluding hydrogens is 326 g/mol. The Balaban J connectivity index is 0.00000208. The minimum Gasteiger partial charge on any atom is -0.338 e. The highest BCUT2D eigenvalue weighted by Crippen LogP contribution is 2.28. The zero-order chi connectivity index (χ0) is 16.4. The summed E-state index contributed by atoms with van der Waals surface area (Å²) in [6.45, 7) is 4.18. The number of halogens is 1. The molecule has 0 aliphatic carbocycles. The van der Waals surface area contributed by atoms with Crippen LogP contribution in [-0.4, -0.2) is 49.4 Å². The van der Waals surface area contributed by atoms with Gasteiger partial charge in [-0.05, 0) is 38.9 Å². The lowest BCUT2D eigenvalue weighted by atomic mass is 10.1. The predicted octanol–water partition coefficient (Wildman–Crippen LogP) is 1.98. The van der Waals surface area contributed by atoms with Crippen LogP contribution in [-0.2, 0) is 9.59 Å². The number of carbonyl (C=O) groups excluding carboxylic acids is 2. The number of likely N-dealkylation sites (N-methyl/N-ethyl adjacent to an activating group) is 1. The van der Waals surface area contributed by atoms with Gasteiger partial charge in [-0.15, -0.1) is 12.4 Å². The Morgan fingerprint density at radius 2 is 2.00 bits per heavy atom. The number of anilines is 1. The van der Waals surface area contributed by atoms with Crippen molar-refractivity contribution < 1.29 is 9.59 Å². The van der Waals surface area contributed by atoms with Crippen LogP contribution in [0.5, 0.6) is 0 Å². The van der Waals surface area contributed by atoms with Crippen molar-refractivity contribution in [2.75, 3.05) is 31.6 Å². The first-order valence-electron chi connectivity index (χ1n) is 8.42. The summed E-state index contributed by atoms with van der Waals surface area (Å²) < 4.78 is 0. The molecule has 0 radical (unpaired) electrons. The summed E-state index contributed by atoms with van der Waals surface area (Å²) in [5, 5.41) is 3.16. The SMILES string of the molecule is CNCC1CCCN1C(=O)C1CC(=O)N(c2ccc(C)cc2)C1.Cl. The molecule has 5 nitrogen and oxygen atoms in total. The van der Waals surface area contributed by atoms with Gasteiger partial charge in [0.05, 0.1) is 5.92 Å². The van der Waals surface area contributed by atoms with Gasteiger partial charge < -0.3 is 15.1 Å². The van der Waals surface area contributed by atoms with Crippen LogP contribution in [0.2, 0.25) is 0 Å². The molecule has 2 atom stereocenters. The van der Waals surface area contributed by atoms with E-state index in [0.29, 0.717) is 13.0 Å². The molecule has 2 aliphatic heterocycles. The van der Waals surface area contributed by atoms with Crippen molar-refractivity contribution >= 4 is 29.9 Å². The lowest BCUT2D eigenvalue weighted by molar-refractivity contribution is -0.136. The van der Waals surface area contributed by atoms with E-state index in [1.54, 1.807) is 4.90 Å². The fraction of sp³-hybridized carbons (Fsp3) is 0.556. The molecule has 0 saturated carbocycles. The van der Waals surface area contributed by atoms with E-state index in [2.05, 4.69) is 5.32 Å². The zero-order valence-electron chi connectivity index (χ0n) is 14.3. The second-order valence-electron chi connectivity index (χ2n) is 6.63. The van der Waals surface area contributed by atoms with Crippen LogP contribution < -0.4 is 10.2 Å². The first-order chi connectivity index (χ1) is 11.1. The molecule has 2 fully saturated rings. The molecule has 1 aromatic carbocycles. The Labute approximate surface area is 149 Å². The Morgan fingerprint density at radius 1 is 1.29 bits per heavy atom. The Hall–Kier alpha value is -1.59. The largest absolute Gasteiger partial charge is 0.338 e. The van der Waals surface area contributed by atoms with Gasteiger partial charge in [0, 0.05) is 37.8 Å². The molecule has 0 aromatic heterocycles. The van der Waals surface area contributed by atoms with Gasteiger partial charge in [0.2, 0.25) is 11.8 Å². The highest BCUT2D eigenvalue weighted by atomic mass is 35.5. The van der Waals surface area contributed by atoms with Gasteiger partial charge in [0.15, 0.2) is 0 Å². The molecule has 1 N–H and O–H groups in total. The van der Waals surface area contributed by atoms with Crippen LogP contribution in [0.15, 0.2) is 24.3 Å². The lowest BCUT2D eigenvalue weighted by Crippen LogP contribution is -2.44. The Bertz CT molecular complexity index is 590. The number of hydrogen-bond acceptors (Lipinski definition) is 3. The molecule has 132 valence electrons. The van der Waals surface area contributed by atoms with Crippen LogP contribution >= 0.6 is 12.4 Å². The monoisotopic (exact) mass is 351 g/mol. The van der Waals surface area contributed by atoms with E-state index in [1.165, 1.54) is 5.56 Å². The second kappa shape index (κ2) is 7.99. The number of benzene rings is 1. The highest BCUT2D eigenvalue weighted by Gasteiger charge is 2.39. The lowest BCUT2D eigenvalue weighted by Gasteiger charge is -2.27. The maximum absolute atomic E-state index is 12.8. The minimum atomic E-state index is -0.207. The minimum absolute atomic E-state index is 0. The van der Waals surface area contributed by atoms with Gasteiger partial charge in [0.25, 0.3) is 0 Å². The molecule has 3 rings (SSSR count). The molecular formula is C18H26ClN3O2. The zero-order valence-corrected chi connectivity index (χ0v) is 15.1. The topological polar surface area (TPSA) is 52.7 Å². The van der Waals surface area contributed by atoms with Gasteiger partial charge >= 0.3 is 0 Å². The standard InChI is InChI=1S/C18H25N3O2.ClH/c1-13-5-7-15(8-6-13)21-12-14(10-17(21)22)18(23)20-9-3-4-16(20)11-19-2;/h5-8,14,16,19H,3-4,9-12H2,1-2H3;1H. The summed E-state index contributed by atoms with van der Waals surface area (Å²) in [6.07, 6.45) is 2.44. The summed E-state index contributed by atoms with van der Waals surface area (Å²) in [5.74, 6) is -0.0106. The van der Waals surface area contributed by atoms with Gasteiger partial charge in [-0.3, -0.25) is 9.59 Å². The fourth-order valence-electron chi connectivity index (χ4n) is 3.66. The number of aryl methyl sites for hydroxylation is 1. The van der Waals surface area contributed by atoms with Crippen molar-refractivity contribution in [3.05, 3.63) is 29.8 Å². The summed E-state index contributed by atoms with van der Waals surface area (Å²) in [6, 6.07) is 8.19.